The zero-order valence-electron chi connectivity index (χ0n) is 9.62. The van der Waals surface area contributed by atoms with Crippen molar-refractivity contribution in [3.05, 3.63) is 23.8 Å². The molecule has 0 bridgehead atoms. The quantitative estimate of drug-likeness (QED) is 0.542. The van der Waals surface area contributed by atoms with E-state index < -0.39 is 0 Å². The highest BCUT2D eigenvalue weighted by molar-refractivity contribution is 5.85. The van der Waals surface area contributed by atoms with Gasteiger partial charge in [-0.1, -0.05) is 0 Å². The number of fused-ring (bicyclic) bond motifs is 1. The lowest BCUT2D eigenvalue weighted by Gasteiger charge is -2.23. The fourth-order valence-electron chi connectivity index (χ4n) is 1.76. The molecular formula is C12H15N3O2. The molecule has 0 radical (unpaired) electrons. The summed E-state index contributed by atoms with van der Waals surface area (Å²) in [6, 6.07) is 3.63. The monoisotopic (exact) mass is 233 g/mol. The highest BCUT2D eigenvalue weighted by Crippen LogP contribution is 2.41. The molecule has 4 N–H and O–H groups in total. The van der Waals surface area contributed by atoms with Gasteiger partial charge in [-0.15, -0.1) is 0 Å². The number of hydrogen-bond acceptors (Lipinski definition) is 5. The van der Waals surface area contributed by atoms with Crippen molar-refractivity contribution in [1.29, 1.82) is 5.41 Å². The lowest BCUT2D eigenvalue weighted by Crippen LogP contribution is -2.19. The fourth-order valence-corrected chi connectivity index (χ4v) is 1.76. The molecule has 1 aliphatic heterocycles. The average molecular weight is 233 g/mol. The molecule has 0 aromatic heterocycles. The summed E-state index contributed by atoms with van der Waals surface area (Å²) >= 11 is 0. The first-order valence-corrected chi connectivity index (χ1v) is 5.35. The highest BCUT2D eigenvalue weighted by atomic mass is 16.6. The predicted molar refractivity (Wildman–Crippen MR) is 67.7 cm³/mol. The standard InChI is InChI=1S/C12H15N3O2/c1-15-10(4-5-13)8-2-3-9(14)12-11(8)16-6-7-17-12/h2-5,13,15H,6-7,14H2,1H3/b10-4-,13-5?. The molecule has 0 unspecified atom stereocenters. The summed E-state index contributed by atoms with van der Waals surface area (Å²) in [5.74, 6) is 1.22. The van der Waals surface area contributed by atoms with Crippen LogP contribution in [0.5, 0.6) is 11.5 Å². The number of anilines is 1. The molecule has 0 saturated carbocycles. The predicted octanol–water partition coefficient (Wildman–Crippen LogP) is 1.25. The van der Waals surface area contributed by atoms with Crippen LogP contribution in [-0.2, 0) is 0 Å². The summed E-state index contributed by atoms with van der Waals surface area (Å²) in [7, 11) is 1.79. The van der Waals surface area contributed by atoms with E-state index in [0.717, 1.165) is 11.3 Å². The lowest BCUT2D eigenvalue weighted by molar-refractivity contribution is 0.172. The Morgan fingerprint density at radius 1 is 1.35 bits per heavy atom. The van der Waals surface area contributed by atoms with Gasteiger partial charge in [0.1, 0.15) is 13.2 Å². The van der Waals surface area contributed by atoms with Crippen molar-refractivity contribution in [3.8, 4) is 11.5 Å². The molecule has 5 nitrogen and oxygen atoms in total. The van der Waals surface area contributed by atoms with Gasteiger partial charge in [0.15, 0.2) is 11.5 Å². The van der Waals surface area contributed by atoms with Crippen molar-refractivity contribution in [2.75, 3.05) is 26.0 Å². The van der Waals surface area contributed by atoms with Gasteiger partial charge in [0.25, 0.3) is 0 Å². The molecule has 1 aromatic carbocycles. The Bertz CT molecular complexity index is 469. The number of nitrogens with two attached hydrogens (primary N) is 1. The minimum atomic E-state index is 0.504. The Hall–Kier alpha value is -2.17. The second-order valence-corrected chi connectivity index (χ2v) is 3.55. The van der Waals surface area contributed by atoms with Gasteiger partial charge in [0.2, 0.25) is 0 Å². The Kier molecular flexibility index (Phi) is 3.18. The Balaban J connectivity index is 2.54. The van der Waals surface area contributed by atoms with Gasteiger partial charge in [0, 0.05) is 24.5 Å². The van der Waals surface area contributed by atoms with Crippen molar-refractivity contribution in [2.45, 2.75) is 0 Å². The van der Waals surface area contributed by atoms with Crippen LogP contribution in [0.25, 0.3) is 5.70 Å². The molecule has 0 spiro atoms. The normalized spacial score (nSPS) is 14.3. The van der Waals surface area contributed by atoms with E-state index in [1.165, 1.54) is 6.21 Å². The number of hydrogen-bond donors (Lipinski definition) is 3. The van der Waals surface area contributed by atoms with Crippen molar-refractivity contribution in [3.63, 3.8) is 0 Å². The van der Waals surface area contributed by atoms with E-state index in [2.05, 4.69) is 5.32 Å². The number of allylic oxidation sites excluding steroid dienone is 1. The summed E-state index contributed by atoms with van der Waals surface area (Å²) in [4.78, 5) is 0. The van der Waals surface area contributed by atoms with E-state index in [9.17, 15) is 0 Å². The Labute approximate surface area is 99.7 Å². The van der Waals surface area contributed by atoms with E-state index in [-0.39, 0.29) is 0 Å². The third kappa shape index (κ3) is 2.04. The van der Waals surface area contributed by atoms with E-state index in [1.54, 1.807) is 19.2 Å². The maximum atomic E-state index is 7.13. The summed E-state index contributed by atoms with van der Waals surface area (Å²) < 4.78 is 11.1. The first kappa shape index (κ1) is 11.3. The Morgan fingerprint density at radius 3 is 2.71 bits per heavy atom. The SMILES string of the molecule is CN/C(=C\C=N)c1ccc(N)c2c1OCCO2. The van der Waals surface area contributed by atoms with Gasteiger partial charge in [0.05, 0.1) is 5.69 Å². The number of nitrogens with one attached hydrogen (secondary N) is 2. The summed E-state index contributed by atoms with van der Waals surface area (Å²) in [6.07, 6.45) is 2.88. The number of ether oxygens (including phenoxy) is 2. The van der Waals surface area contributed by atoms with Crippen LogP contribution in [0.15, 0.2) is 18.2 Å². The topological polar surface area (TPSA) is 80.4 Å². The smallest absolute Gasteiger partial charge is 0.184 e. The van der Waals surface area contributed by atoms with Crippen molar-refractivity contribution >= 4 is 17.6 Å². The van der Waals surface area contributed by atoms with E-state index >= 15 is 0 Å². The fraction of sp³-hybridized carbons (Fsp3) is 0.250. The largest absolute Gasteiger partial charge is 0.485 e. The molecule has 0 aliphatic carbocycles. The van der Waals surface area contributed by atoms with Gasteiger partial charge in [-0.25, -0.2) is 0 Å². The minimum Gasteiger partial charge on any atom is -0.485 e. The number of nitrogen functional groups attached to an aromatic ring is 1. The molecule has 1 aromatic rings. The molecule has 1 heterocycles. The molecule has 0 atom stereocenters. The summed E-state index contributed by atoms with van der Waals surface area (Å²) in [6.45, 7) is 1.01. The maximum absolute atomic E-state index is 7.13. The number of rotatable bonds is 3. The highest BCUT2D eigenvalue weighted by Gasteiger charge is 2.20. The summed E-state index contributed by atoms with van der Waals surface area (Å²) in [5.41, 5.74) is 8.04. The first-order valence-electron chi connectivity index (χ1n) is 5.35. The van der Waals surface area contributed by atoms with E-state index in [4.69, 9.17) is 20.6 Å². The van der Waals surface area contributed by atoms with Gasteiger partial charge in [-0.05, 0) is 18.2 Å². The lowest BCUT2D eigenvalue weighted by atomic mass is 10.1. The van der Waals surface area contributed by atoms with Crippen LogP contribution in [0.2, 0.25) is 0 Å². The maximum Gasteiger partial charge on any atom is 0.184 e. The van der Waals surface area contributed by atoms with Crippen LogP contribution in [0.4, 0.5) is 5.69 Å². The van der Waals surface area contributed by atoms with Crippen molar-refractivity contribution in [1.82, 2.24) is 5.32 Å². The van der Waals surface area contributed by atoms with Crippen LogP contribution < -0.4 is 20.5 Å². The summed E-state index contributed by atoms with van der Waals surface area (Å²) in [5, 5.41) is 10.2. The molecule has 17 heavy (non-hydrogen) atoms. The third-order valence-corrected chi connectivity index (χ3v) is 2.53. The zero-order chi connectivity index (χ0) is 12.3. The van der Waals surface area contributed by atoms with Crippen molar-refractivity contribution in [2.24, 2.45) is 0 Å². The second kappa shape index (κ2) is 4.78. The molecule has 0 amide bonds. The Morgan fingerprint density at radius 2 is 2.06 bits per heavy atom. The van der Waals surface area contributed by atoms with Crippen LogP contribution in [0.3, 0.4) is 0 Å². The van der Waals surface area contributed by atoms with Crippen LogP contribution in [-0.4, -0.2) is 26.5 Å². The van der Waals surface area contributed by atoms with Gasteiger partial charge < -0.3 is 25.9 Å². The third-order valence-electron chi connectivity index (χ3n) is 2.53. The van der Waals surface area contributed by atoms with Gasteiger partial charge in [-0.2, -0.15) is 0 Å². The molecule has 1 aliphatic rings. The van der Waals surface area contributed by atoms with Gasteiger partial charge >= 0.3 is 0 Å². The van der Waals surface area contributed by atoms with E-state index in [0.29, 0.717) is 30.4 Å². The molecule has 2 rings (SSSR count). The molecule has 0 fully saturated rings. The average Bonchev–Trinajstić information content (AvgIpc) is 2.37. The minimum absolute atomic E-state index is 0.504. The van der Waals surface area contributed by atoms with Crippen LogP contribution in [0.1, 0.15) is 5.56 Å². The van der Waals surface area contributed by atoms with Crippen LogP contribution in [0, 0.1) is 5.41 Å². The molecule has 5 heteroatoms. The second-order valence-electron chi connectivity index (χ2n) is 3.55. The van der Waals surface area contributed by atoms with Gasteiger partial charge in [-0.3, -0.25) is 0 Å². The van der Waals surface area contributed by atoms with Crippen molar-refractivity contribution < 1.29 is 9.47 Å². The first-order chi connectivity index (χ1) is 8.27. The van der Waals surface area contributed by atoms with Crippen LogP contribution >= 0.6 is 0 Å². The zero-order valence-corrected chi connectivity index (χ0v) is 9.62. The molecular weight excluding hydrogens is 218 g/mol. The molecule has 90 valence electrons. The molecule has 0 saturated heterocycles. The number of benzene rings is 1. The van der Waals surface area contributed by atoms with E-state index in [1.807, 2.05) is 6.07 Å².